The van der Waals surface area contributed by atoms with Gasteiger partial charge in [-0.1, -0.05) is 23.2 Å². The Morgan fingerprint density at radius 2 is 2.26 bits per heavy atom. The Kier molecular flexibility index (Phi) is 7.09. The highest BCUT2D eigenvalue weighted by atomic mass is 35.5. The Labute approximate surface area is 122 Å². The molecule has 1 aromatic rings. The molecule has 0 spiro atoms. The second-order valence-corrected chi connectivity index (χ2v) is 4.91. The first-order chi connectivity index (χ1) is 9.02. The van der Waals surface area contributed by atoms with E-state index in [0.717, 1.165) is 5.56 Å². The van der Waals surface area contributed by atoms with E-state index in [1.54, 1.807) is 19.4 Å². The molecule has 0 fully saturated rings. The van der Waals surface area contributed by atoms with Crippen LogP contribution in [0, 0.1) is 0 Å². The molecule has 0 aliphatic rings. The maximum atomic E-state index is 11.6. The van der Waals surface area contributed by atoms with Gasteiger partial charge < -0.3 is 10.1 Å². The molecule has 1 N–H and O–H groups in total. The molecule has 0 saturated carbocycles. The van der Waals surface area contributed by atoms with Gasteiger partial charge in [-0.3, -0.25) is 9.69 Å². The molecular weight excluding hydrogens is 289 g/mol. The van der Waals surface area contributed by atoms with E-state index in [1.807, 2.05) is 11.9 Å². The van der Waals surface area contributed by atoms with Gasteiger partial charge in [-0.05, 0) is 13.1 Å². The number of likely N-dealkylation sites (N-methyl/N-ethyl adjacent to an activating group) is 1. The first-order valence-electron chi connectivity index (χ1n) is 5.77. The van der Waals surface area contributed by atoms with Crippen LogP contribution < -0.4 is 5.32 Å². The number of nitrogens with zero attached hydrogens (tertiary/aromatic N) is 2. The van der Waals surface area contributed by atoms with E-state index in [4.69, 9.17) is 27.9 Å². The molecule has 5 nitrogen and oxygen atoms in total. The Morgan fingerprint density at radius 1 is 1.53 bits per heavy atom. The molecule has 1 aromatic heterocycles. The highest BCUT2D eigenvalue weighted by molar-refractivity contribution is 6.34. The molecule has 1 amide bonds. The van der Waals surface area contributed by atoms with E-state index < -0.39 is 0 Å². The van der Waals surface area contributed by atoms with Crippen molar-refractivity contribution < 1.29 is 9.53 Å². The minimum atomic E-state index is -0.0578. The highest BCUT2D eigenvalue weighted by Gasteiger charge is 2.09. The van der Waals surface area contributed by atoms with Crippen molar-refractivity contribution in [3.8, 4) is 0 Å². The largest absolute Gasteiger partial charge is 0.383 e. The fourth-order valence-corrected chi connectivity index (χ4v) is 1.92. The topological polar surface area (TPSA) is 54.5 Å². The molecule has 0 bridgehead atoms. The van der Waals surface area contributed by atoms with Gasteiger partial charge in [0.2, 0.25) is 5.91 Å². The van der Waals surface area contributed by atoms with E-state index in [2.05, 4.69) is 10.3 Å². The molecule has 0 atom stereocenters. The summed E-state index contributed by atoms with van der Waals surface area (Å²) in [6.07, 6.45) is 1.62. The van der Waals surface area contributed by atoms with Crippen LogP contribution >= 0.6 is 23.2 Å². The molecular formula is C12H17Cl2N3O2. The van der Waals surface area contributed by atoms with E-state index in [0.29, 0.717) is 29.9 Å². The van der Waals surface area contributed by atoms with Crippen LogP contribution in [0.25, 0.3) is 0 Å². The van der Waals surface area contributed by atoms with Crippen LogP contribution in [0.3, 0.4) is 0 Å². The molecule has 1 rings (SSSR count). The van der Waals surface area contributed by atoms with Crippen molar-refractivity contribution in [1.29, 1.82) is 0 Å². The number of hydrogen-bond acceptors (Lipinski definition) is 4. The third-order valence-corrected chi connectivity index (χ3v) is 2.94. The number of amides is 1. The Hall–Kier alpha value is -0.880. The zero-order chi connectivity index (χ0) is 14.3. The van der Waals surface area contributed by atoms with E-state index >= 15 is 0 Å². The minimum absolute atomic E-state index is 0.0578. The number of ether oxygens (including phenoxy) is 1. The lowest BCUT2D eigenvalue weighted by molar-refractivity contribution is -0.122. The van der Waals surface area contributed by atoms with Crippen LogP contribution in [0.5, 0.6) is 0 Å². The van der Waals surface area contributed by atoms with Crippen LogP contribution in [-0.2, 0) is 16.1 Å². The van der Waals surface area contributed by atoms with Gasteiger partial charge in [-0.25, -0.2) is 4.98 Å². The summed E-state index contributed by atoms with van der Waals surface area (Å²) < 4.78 is 4.85. The number of pyridine rings is 1. The van der Waals surface area contributed by atoms with Gasteiger partial charge in [-0.2, -0.15) is 0 Å². The predicted octanol–water partition coefficient (Wildman–Crippen LogP) is 1.58. The zero-order valence-corrected chi connectivity index (χ0v) is 12.5. The Morgan fingerprint density at radius 3 is 2.89 bits per heavy atom. The van der Waals surface area contributed by atoms with Crippen LogP contribution in [0.1, 0.15) is 5.56 Å². The summed E-state index contributed by atoms with van der Waals surface area (Å²) in [5.41, 5.74) is 0.832. The summed E-state index contributed by atoms with van der Waals surface area (Å²) in [4.78, 5) is 17.4. The fourth-order valence-electron chi connectivity index (χ4n) is 1.49. The normalized spacial score (nSPS) is 10.8. The van der Waals surface area contributed by atoms with Crippen LogP contribution in [0.2, 0.25) is 10.2 Å². The predicted molar refractivity (Wildman–Crippen MR) is 75.5 cm³/mol. The summed E-state index contributed by atoms with van der Waals surface area (Å²) in [6.45, 7) is 1.82. The number of hydrogen-bond donors (Lipinski definition) is 1. The Balaban J connectivity index is 2.42. The first kappa shape index (κ1) is 16.2. The summed E-state index contributed by atoms with van der Waals surface area (Å²) >= 11 is 11.8. The van der Waals surface area contributed by atoms with Crippen molar-refractivity contribution in [1.82, 2.24) is 15.2 Å². The lowest BCUT2D eigenvalue weighted by atomic mass is 10.2. The molecule has 0 aliphatic carbocycles. The molecule has 0 aliphatic heterocycles. The van der Waals surface area contributed by atoms with Gasteiger partial charge in [0.1, 0.15) is 5.15 Å². The molecule has 1 heterocycles. The van der Waals surface area contributed by atoms with Crippen molar-refractivity contribution in [2.45, 2.75) is 6.54 Å². The third kappa shape index (κ3) is 6.20. The van der Waals surface area contributed by atoms with Crippen molar-refractivity contribution >= 4 is 29.1 Å². The number of halogens is 2. The van der Waals surface area contributed by atoms with Crippen LogP contribution in [0.15, 0.2) is 12.3 Å². The summed E-state index contributed by atoms with van der Waals surface area (Å²) in [6, 6.07) is 1.59. The summed E-state index contributed by atoms with van der Waals surface area (Å²) in [7, 11) is 3.43. The molecule has 0 radical (unpaired) electrons. The van der Waals surface area contributed by atoms with Crippen molar-refractivity contribution in [2.75, 3.05) is 33.9 Å². The Bertz CT molecular complexity index is 429. The smallest absolute Gasteiger partial charge is 0.234 e. The number of carbonyl (C=O) groups is 1. The summed E-state index contributed by atoms with van der Waals surface area (Å²) in [5, 5.41) is 3.65. The maximum Gasteiger partial charge on any atom is 0.234 e. The van der Waals surface area contributed by atoms with Gasteiger partial charge in [0.25, 0.3) is 0 Å². The number of aromatic nitrogens is 1. The second kappa shape index (κ2) is 8.32. The molecule has 0 aromatic carbocycles. The molecule has 7 heteroatoms. The molecule has 0 unspecified atom stereocenters. The van der Waals surface area contributed by atoms with Gasteiger partial charge in [0, 0.05) is 37.0 Å². The van der Waals surface area contributed by atoms with E-state index in [1.165, 1.54) is 0 Å². The second-order valence-electron chi connectivity index (χ2n) is 4.11. The summed E-state index contributed by atoms with van der Waals surface area (Å²) in [5.74, 6) is -0.0578. The number of rotatable bonds is 7. The monoisotopic (exact) mass is 305 g/mol. The van der Waals surface area contributed by atoms with Gasteiger partial charge in [0.05, 0.1) is 13.2 Å². The SMILES string of the molecule is COCCNC(=O)CN(C)Cc1cnc(Cl)cc1Cl. The molecule has 0 saturated heterocycles. The lowest BCUT2D eigenvalue weighted by Crippen LogP contribution is -2.36. The maximum absolute atomic E-state index is 11.6. The van der Waals surface area contributed by atoms with Crippen molar-refractivity contribution in [2.24, 2.45) is 0 Å². The van der Waals surface area contributed by atoms with Gasteiger partial charge in [0.15, 0.2) is 0 Å². The lowest BCUT2D eigenvalue weighted by Gasteiger charge is -2.16. The van der Waals surface area contributed by atoms with Gasteiger partial charge in [-0.15, -0.1) is 0 Å². The quantitative estimate of drug-likeness (QED) is 0.614. The van der Waals surface area contributed by atoms with Crippen LogP contribution in [0.4, 0.5) is 0 Å². The van der Waals surface area contributed by atoms with E-state index in [9.17, 15) is 4.79 Å². The van der Waals surface area contributed by atoms with Crippen LogP contribution in [-0.4, -0.2) is 49.6 Å². The van der Waals surface area contributed by atoms with Gasteiger partial charge >= 0.3 is 0 Å². The zero-order valence-electron chi connectivity index (χ0n) is 10.9. The average molecular weight is 306 g/mol. The number of methoxy groups -OCH3 is 1. The first-order valence-corrected chi connectivity index (χ1v) is 6.52. The number of nitrogens with one attached hydrogen (secondary N) is 1. The average Bonchev–Trinajstić information content (AvgIpc) is 2.33. The molecule has 106 valence electrons. The highest BCUT2D eigenvalue weighted by Crippen LogP contribution is 2.19. The molecule has 19 heavy (non-hydrogen) atoms. The number of carbonyl (C=O) groups excluding carboxylic acids is 1. The minimum Gasteiger partial charge on any atom is -0.383 e. The van der Waals surface area contributed by atoms with E-state index in [-0.39, 0.29) is 12.5 Å². The fraction of sp³-hybridized carbons (Fsp3) is 0.500. The third-order valence-electron chi connectivity index (χ3n) is 2.38. The van der Waals surface area contributed by atoms with Crippen molar-refractivity contribution in [3.05, 3.63) is 28.0 Å². The van der Waals surface area contributed by atoms with Crippen molar-refractivity contribution in [3.63, 3.8) is 0 Å². The standard InChI is InChI=1S/C12H17Cl2N3O2/c1-17(8-12(18)15-3-4-19-2)7-9-6-16-11(14)5-10(9)13/h5-6H,3-4,7-8H2,1-2H3,(H,15,18).